The van der Waals surface area contributed by atoms with Crippen molar-refractivity contribution in [3.63, 3.8) is 0 Å². The predicted molar refractivity (Wildman–Crippen MR) is 172 cm³/mol. The number of pyridine rings is 1. The molecule has 2 aromatic heterocycles. The molecular weight excluding hydrogens is 498 g/mol. The maximum Gasteiger partial charge on any atom is 0.144 e. The van der Waals surface area contributed by atoms with Crippen LogP contribution in [0.25, 0.3) is 77.0 Å². The van der Waals surface area contributed by atoms with Gasteiger partial charge in [-0.2, -0.15) is 0 Å². The fraction of sp³-hybridized carbons (Fsp3) is 0.0513. The monoisotopic (exact) mass is 525 g/mol. The van der Waals surface area contributed by atoms with Crippen LogP contribution < -0.4 is 0 Å². The second-order valence-electron chi connectivity index (χ2n) is 10.9. The SMILES string of the molecule is Cc1cnc(-c2cccc3c2oc2c4ccccc4ccc32)cc1-c1ccc2cc(-c3ccccc3)ccc2c1C. The molecule has 0 saturated heterocycles. The summed E-state index contributed by atoms with van der Waals surface area (Å²) in [7, 11) is 0. The molecule has 0 unspecified atom stereocenters. The van der Waals surface area contributed by atoms with Crippen molar-refractivity contribution in [2.45, 2.75) is 13.8 Å². The molecular formula is C39H27NO. The van der Waals surface area contributed by atoms with E-state index in [1.54, 1.807) is 0 Å². The van der Waals surface area contributed by atoms with Crippen molar-refractivity contribution in [1.82, 2.24) is 4.98 Å². The van der Waals surface area contributed by atoms with Crippen LogP contribution in [0.4, 0.5) is 0 Å². The first-order valence-electron chi connectivity index (χ1n) is 14.0. The highest BCUT2D eigenvalue weighted by Gasteiger charge is 2.17. The third-order valence-electron chi connectivity index (χ3n) is 8.45. The minimum atomic E-state index is 0.879. The molecule has 0 N–H and O–H groups in total. The van der Waals surface area contributed by atoms with Crippen molar-refractivity contribution in [2.24, 2.45) is 0 Å². The van der Waals surface area contributed by atoms with Gasteiger partial charge in [0.05, 0.1) is 5.69 Å². The zero-order chi connectivity index (χ0) is 27.5. The van der Waals surface area contributed by atoms with Gasteiger partial charge in [0.1, 0.15) is 11.2 Å². The van der Waals surface area contributed by atoms with Gasteiger partial charge >= 0.3 is 0 Å². The first kappa shape index (κ1) is 23.7. The molecule has 0 atom stereocenters. The number of nitrogens with zero attached hydrogens (tertiary/aromatic N) is 1. The molecule has 194 valence electrons. The van der Waals surface area contributed by atoms with Gasteiger partial charge in [0.25, 0.3) is 0 Å². The van der Waals surface area contributed by atoms with Gasteiger partial charge in [0.2, 0.25) is 0 Å². The summed E-state index contributed by atoms with van der Waals surface area (Å²) in [6, 6.07) is 43.2. The fourth-order valence-corrected chi connectivity index (χ4v) is 6.28. The average molecular weight is 526 g/mol. The number of para-hydroxylation sites is 1. The Hall–Kier alpha value is -5.21. The molecule has 0 radical (unpaired) electrons. The van der Waals surface area contributed by atoms with Crippen molar-refractivity contribution in [3.8, 4) is 33.5 Å². The van der Waals surface area contributed by atoms with E-state index in [4.69, 9.17) is 9.40 Å². The molecule has 8 rings (SSSR count). The number of furan rings is 1. The Morgan fingerprint density at radius 2 is 1.24 bits per heavy atom. The summed E-state index contributed by atoms with van der Waals surface area (Å²) >= 11 is 0. The van der Waals surface area contributed by atoms with Crippen LogP contribution in [0.3, 0.4) is 0 Å². The second-order valence-corrected chi connectivity index (χ2v) is 10.9. The molecule has 0 saturated carbocycles. The van der Waals surface area contributed by atoms with E-state index in [9.17, 15) is 0 Å². The minimum absolute atomic E-state index is 0.879. The topological polar surface area (TPSA) is 26.0 Å². The third kappa shape index (κ3) is 3.76. The largest absolute Gasteiger partial charge is 0.455 e. The lowest BCUT2D eigenvalue weighted by atomic mass is 9.91. The van der Waals surface area contributed by atoms with E-state index in [0.717, 1.165) is 44.1 Å². The summed E-state index contributed by atoms with van der Waals surface area (Å²) in [6.45, 7) is 4.37. The molecule has 2 heterocycles. The molecule has 0 spiro atoms. The van der Waals surface area contributed by atoms with Crippen LogP contribution in [0.15, 0.2) is 132 Å². The lowest BCUT2D eigenvalue weighted by Gasteiger charge is -2.14. The molecule has 0 aliphatic rings. The van der Waals surface area contributed by atoms with E-state index < -0.39 is 0 Å². The standard InChI is InChI=1S/C39H27NO/c1-24-23-40-37(35-14-8-13-33-34-20-15-27-11-6-7-12-32(27)38(34)41-39(33)35)22-36(24)31-19-17-29-21-28(16-18-30(29)25(31)2)26-9-4-3-5-10-26/h3-23H,1-2H3. The summed E-state index contributed by atoms with van der Waals surface area (Å²) in [6.07, 6.45) is 1.99. The Kier molecular flexibility index (Phi) is 5.30. The Morgan fingerprint density at radius 3 is 2.15 bits per heavy atom. The number of hydrogen-bond acceptors (Lipinski definition) is 2. The number of hydrogen-bond donors (Lipinski definition) is 0. The molecule has 0 amide bonds. The van der Waals surface area contributed by atoms with Crippen LogP contribution in [0, 0.1) is 13.8 Å². The summed E-state index contributed by atoms with van der Waals surface area (Å²) in [5.41, 5.74) is 11.1. The molecule has 0 fully saturated rings. The molecule has 2 heteroatoms. The quantitative estimate of drug-likeness (QED) is 0.229. The Balaban J connectivity index is 1.28. The van der Waals surface area contributed by atoms with Gasteiger partial charge in [0.15, 0.2) is 0 Å². The first-order valence-corrected chi connectivity index (χ1v) is 14.0. The van der Waals surface area contributed by atoms with E-state index in [1.165, 1.54) is 44.0 Å². The summed E-state index contributed by atoms with van der Waals surface area (Å²) < 4.78 is 6.62. The highest BCUT2D eigenvalue weighted by Crippen LogP contribution is 2.40. The van der Waals surface area contributed by atoms with Gasteiger partial charge in [-0.15, -0.1) is 0 Å². The normalized spacial score (nSPS) is 11.7. The van der Waals surface area contributed by atoms with E-state index in [1.807, 2.05) is 6.20 Å². The lowest BCUT2D eigenvalue weighted by Crippen LogP contribution is -1.93. The third-order valence-corrected chi connectivity index (χ3v) is 8.45. The van der Waals surface area contributed by atoms with Gasteiger partial charge in [0, 0.05) is 27.9 Å². The number of fused-ring (bicyclic) bond motifs is 6. The van der Waals surface area contributed by atoms with Crippen molar-refractivity contribution < 1.29 is 4.42 Å². The van der Waals surface area contributed by atoms with Crippen LogP contribution in [-0.4, -0.2) is 4.98 Å². The number of aromatic nitrogens is 1. The molecule has 0 aliphatic carbocycles. The van der Waals surface area contributed by atoms with Gasteiger partial charge in [-0.05, 0) is 87.7 Å². The molecule has 0 bridgehead atoms. The zero-order valence-electron chi connectivity index (χ0n) is 23.0. The lowest BCUT2D eigenvalue weighted by molar-refractivity contribution is 0.673. The molecule has 2 nitrogen and oxygen atoms in total. The van der Waals surface area contributed by atoms with E-state index in [0.29, 0.717) is 0 Å². The smallest absolute Gasteiger partial charge is 0.144 e. The minimum Gasteiger partial charge on any atom is -0.455 e. The van der Waals surface area contributed by atoms with Crippen molar-refractivity contribution in [3.05, 3.63) is 139 Å². The summed E-state index contributed by atoms with van der Waals surface area (Å²) in [4.78, 5) is 4.89. The second kappa shape index (κ2) is 9.18. The zero-order valence-corrected chi connectivity index (χ0v) is 23.0. The number of benzene rings is 6. The van der Waals surface area contributed by atoms with E-state index in [-0.39, 0.29) is 0 Å². The van der Waals surface area contributed by atoms with Gasteiger partial charge < -0.3 is 4.42 Å². The molecule has 41 heavy (non-hydrogen) atoms. The number of aryl methyl sites for hydroxylation is 2. The highest BCUT2D eigenvalue weighted by atomic mass is 16.3. The van der Waals surface area contributed by atoms with Gasteiger partial charge in [-0.1, -0.05) is 97.1 Å². The Bertz CT molecular complexity index is 2270. The summed E-state index contributed by atoms with van der Waals surface area (Å²) in [5, 5.41) is 7.08. The van der Waals surface area contributed by atoms with Gasteiger partial charge in [-0.3, -0.25) is 4.98 Å². The van der Waals surface area contributed by atoms with Crippen LogP contribution >= 0.6 is 0 Å². The van der Waals surface area contributed by atoms with Crippen molar-refractivity contribution in [2.75, 3.05) is 0 Å². The number of rotatable bonds is 3. The molecule has 0 aliphatic heterocycles. The molecule has 6 aromatic carbocycles. The predicted octanol–water partition coefficient (Wildman–Crippen LogP) is 10.9. The first-order chi connectivity index (χ1) is 20.2. The van der Waals surface area contributed by atoms with E-state index >= 15 is 0 Å². The maximum absolute atomic E-state index is 6.62. The maximum atomic E-state index is 6.62. The highest BCUT2D eigenvalue weighted by molar-refractivity contribution is 6.17. The van der Waals surface area contributed by atoms with Crippen LogP contribution in [0.1, 0.15) is 11.1 Å². The van der Waals surface area contributed by atoms with Crippen LogP contribution in [0.5, 0.6) is 0 Å². The average Bonchev–Trinajstić information content (AvgIpc) is 3.42. The summed E-state index contributed by atoms with van der Waals surface area (Å²) in [5.74, 6) is 0. The Morgan fingerprint density at radius 1 is 0.488 bits per heavy atom. The van der Waals surface area contributed by atoms with Crippen molar-refractivity contribution in [1.29, 1.82) is 0 Å². The Labute approximate surface area is 238 Å². The fourth-order valence-electron chi connectivity index (χ4n) is 6.28. The van der Waals surface area contributed by atoms with Crippen LogP contribution in [0.2, 0.25) is 0 Å². The van der Waals surface area contributed by atoms with Crippen LogP contribution in [-0.2, 0) is 0 Å². The molecule has 8 aromatic rings. The van der Waals surface area contributed by atoms with E-state index in [2.05, 4.69) is 135 Å². The van der Waals surface area contributed by atoms with Gasteiger partial charge in [-0.25, -0.2) is 0 Å². The van der Waals surface area contributed by atoms with Crippen molar-refractivity contribution >= 4 is 43.5 Å².